The number of thioether (sulfide) groups is 1. The molecule has 0 aliphatic heterocycles. The first-order valence-corrected chi connectivity index (χ1v) is 9.32. The number of benzene rings is 2. The van der Waals surface area contributed by atoms with Gasteiger partial charge in [0, 0.05) is 16.6 Å². The Morgan fingerprint density at radius 1 is 1.15 bits per heavy atom. The van der Waals surface area contributed by atoms with Gasteiger partial charge in [0.25, 0.3) is 5.91 Å². The van der Waals surface area contributed by atoms with Crippen LogP contribution in [0.25, 0.3) is 0 Å². The van der Waals surface area contributed by atoms with Gasteiger partial charge in [-0.2, -0.15) is 0 Å². The number of aromatic nitrogens is 1. The Kier molecular flexibility index (Phi) is 5.93. The molecule has 27 heavy (non-hydrogen) atoms. The number of nitrogens with one attached hydrogen (secondary N) is 1. The second-order valence-corrected chi connectivity index (χ2v) is 7.03. The van der Waals surface area contributed by atoms with Gasteiger partial charge >= 0.3 is 0 Å². The molecule has 1 aromatic heterocycles. The molecule has 0 fully saturated rings. The van der Waals surface area contributed by atoms with Crippen LogP contribution in [0.2, 0.25) is 0 Å². The van der Waals surface area contributed by atoms with Crippen LogP contribution in [0.3, 0.4) is 0 Å². The summed E-state index contributed by atoms with van der Waals surface area (Å²) in [6.45, 7) is 1.87. The predicted octanol–water partition coefficient (Wildman–Crippen LogP) is 3.56. The fourth-order valence-corrected chi connectivity index (χ4v) is 3.44. The van der Waals surface area contributed by atoms with Gasteiger partial charge in [-0.05, 0) is 36.8 Å². The third kappa shape index (κ3) is 5.21. The highest BCUT2D eigenvalue weighted by Crippen LogP contribution is 2.27. The minimum absolute atomic E-state index is 0.175. The molecule has 2 amide bonds. The lowest BCUT2D eigenvalue weighted by Crippen LogP contribution is -2.14. The number of hydrogen-bond acceptors (Lipinski definition) is 5. The molecule has 6 nitrogen and oxygen atoms in total. The number of carbonyl (C=O) groups is 2. The summed E-state index contributed by atoms with van der Waals surface area (Å²) in [5.41, 5.74) is 8.06. The van der Waals surface area contributed by atoms with Crippen LogP contribution in [0, 0.1) is 6.92 Å². The number of primary amides is 1. The number of rotatable bonds is 7. The molecule has 0 spiro atoms. The Labute approximate surface area is 161 Å². The first-order chi connectivity index (χ1) is 13.0. The molecule has 0 atom stereocenters. The minimum atomic E-state index is -0.389. The highest BCUT2D eigenvalue weighted by molar-refractivity contribution is 7.98. The second kappa shape index (κ2) is 8.55. The summed E-state index contributed by atoms with van der Waals surface area (Å²) in [6, 6.07) is 16.3. The van der Waals surface area contributed by atoms with Gasteiger partial charge in [0.15, 0.2) is 0 Å². The SMILES string of the molecule is Cc1cc(CSc2ccccc2C(=O)Nc2ccc(CC(N)=O)cc2)on1. The van der Waals surface area contributed by atoms with Crippen molar-refractivity contribution in [3.8, 4) is 0 Å². The van der Waals surface area contributed by atoms with E-state index in [4.69, 9.17) is 10.3 Å². The summed E-state index contributed by atoms with van der Waals surface area (Å²) in [5, 5.41) is 6.75. The highest BCUT2D eigenvalue weighted by Gasteiger charge is 2.13. The number of amides is 2. The summed E-state index contributed by atoms with van der Waals surface area (Å²) in [7, 11) is 0. The van der Waals surface area contributed by atoms with Gasteiger partial charge in [-0.25, -0.2) is 0 Å². The van der Waals surface area contributed by atoms with Crippen LogP contribution in [0.4, 0.5) is 5.69 Å². The summed E-state index contributed by atoms with van der Waals surface area (Å²) >= 11 is 1.52. The number of nitrogens with zero attached hydrogens (tertiary/aromatic N) is 1. The second-order valence-electron chi connectivity index (χ2n) is 6.01. The molecule has 1 heterocycles. The monoisotopic (exact) mass is 381 g/mol. The van der Waals surface area contributed by atoms with Crippen LogP contribution in [-0.4, -0.2) is 17.0 Å². The van der Waals surface area contributed by atoms with Crippen molar-refractivity contribution in [1.29, 1.82) is 0 Å². The predicted molar refractivity (Wildman–Crippen MR) is 105 cm³/mol. The molecular formula is C20H19N3O3S. The average molecular weight is 381 g/mol. The molecule has 0 unspecified atom stereocenters. The maximum absolute atomic E-state index is 12.7. The van der Waals surface area contributed by atoms with E-state index < -0.39 is 0 Å². The third-order valence-electron chi connectivity index (χ3n) is 3.77. The van der Waals surface area contributed by atoms with Crippen molar-refractivity contribution in [2.45, 2.75) is 24.0 Å². The summed E-state index contributed by atoms with van der Waals surface area (Å²) < 4.78 is 5.22. The Bertz CT molecular complexity index is 951. The van der Waals surface area contributed by atoms with Crippen molar-refractivity contribution >= 4 is 29.3 Å². The Hall–Kier alpha value is -3.06. The molecular weight excluding hydrogens is 362 g/mol. The van der Waals surface area contributed by atoms with Gasteiger partial charge in [-0.15, -0.1) is 11.8 Å². The van der Waals surface area contributed by atoms with E-state index in [-0.39, 0.29) is 18.2 Å². The van der Waals surface area contributed by atoms with Crippen LogP contribution in [0.1, 0.15) is 27.4 Å². The molecule has 0 radical (unpaired) electrons. The number of hydrogen-bond donors (Lipinski definition) is 2. The third-order valence-corrected chi connectivity index (χ3v) is 4.86. The van der Waals surface area contributed by atoms with Crippen LogP contribution in [-0.2, 0) is 17.0 Å². The fourth-order valence-electron chi connectivity index (χ4n) is 2.52. The number of aryl methyl sites for hydroxylation is 1. The van der Waals surface area contributed by atoms with Crippen molar-refractivity contribution in [2.24, 2.45) is 5.73 Å². The van der Waals surface area contributed by atoms with E-state index in [2.05, 4.69) is 10.5 Å². The largest absolute Gasteiger partial charge is 0.369 e. The molecule has 2 aromatic carbocycles. The van der Waals surface area contributed by atoms with Crippen LogP contribution in [0.5, 0.6) is 0 Å². The van der Waals surface area contributed by atoms with Crippen molar-refractivity contribution in [2.75, 3.05) is 5.32 Å². The van der Waals surface area contributed by atoms with Gasteiger partial charge < -0.3 is 15.6 Å². The fraction of sp³-hybridized carbons (Fsp3) is 0.150. The number of carbonyl (C=O) groups excluding carboxylic acids is 2. The molecule has 0 bridgehead atoms. The van der Waals surface area contributed by atoms with Crippen molar-refractivity contribution in [1.82, 2.24) is 5.16 Å². The van der Waals surface area contributed by atoms with Crippen LogP contribution < -0.4 is 11.1 Å². The minimum Gasteiger partial charge on any atom is -0.369 e. The maximum atomic E-state index is 12.7. The summed E-state index contributed by atoms with van der Waals surface area (Å²) in [4.78, 5) is 24.5. The van der Waals surface area contributed by atoms with E-state index in [0.717, 1.165) is 21.9 Å². The van der Waals surface area contributed by atoms with E-state index in [0.29, 0.717) is 17.0 Å². The Balaban J connectivity index is 1.68. The van der Waals surface area contributed by atoms with Gasteiger partial charge in [0.2, 0.25) is 5.91 Å². The Morgan fingerprint density at radius 3 is 2.56 bits per heavy atom. The highest BCUT2D eigenvalue weighted by atomic mass is 32.2. The van der Waals surface area contributed by atoms with Gasteiger partial charge in [0.1, 0.15) is 5.76 Å². The Morgan fingerprint density at radius 2 is 1.89 bits per heavy atom. The van der Waals surface area contributed by atoms with Gasteiger partial charge in [-0.3, -0.25) is 9.59 Å². The van der Waals surface area contributed by atoms with Gasteiger partial charge in [-0.1, -0.05) is 29.4 Å². The normalized spacial score (nSPS) is 10.6. The standard InChI is InChI=1S/C20H19N3O3S/c1-13-10-16(26-23-13)12-27-18-5-3-2-4-17(18)20(25)22-15-8-6-14(7-9-15)11-19(21)24/h2-10H,11-12H2,1H3,(H2,21,24)(H,22,25). The van der Waals surface area contributed by atoms with E-state index in [1.54, 1.807) is 30.3 Å². The van der Waals surface area contributed by atoms with Crippen molar-refractivity contribution in [3.63, 3.8) is 0 Å². The zero-order chi connectivity index (χ0) is 19.2. The zero-order valence-corrected chi connectivity index (χ0v) is 15.6. The average Bonchev–Trinajstić information content (AvgIpc) is 3.07. The quantitative estimate of drug-likeness (QED) is 0.610. The van der Waals surface area contributed by atoms with Crippen molar-refractivity contribution < 1.29 is 14.1 Å². The molecule has 0 saturated heterocycles. The molecule has 3 aromatic rings. The molecule has 7 heteroatoms. The van der Waals surface area contributed by atoms with Crippen molar-refractivity contribution in [3.05, 3.63) is 77.2 Å². The molecule has 0 aliphatic rings. The van der Waals surface area contributed by atoms with Crippen LogP contribution in [0.15, 0.2) is 64.0 Å². The topological polar surface area (TPSA) is 98.2 Å². The van der Waals surface area contributed by atoms with E-state index in [1.165, 1.54) is 11.8 Å². The molecule has 3 N–H and O–H groups in total. The smallest absolute Gasteiger partial charge is 0.256 e. The lowest BCUT2D eigenvalue weighted by molar-refractivity contribution is -0.117. The van der Waals surface area contributed by atoms with E-state index in [1.807, 2.05) is 31.2 Å². The van der Waals surface area contributed by atoms with Gasteiger partial charge in [0.05, 0.1) is 23.4 Å². The van der Waals surface area contributed by atoms with Crippen LogP contribution >= 0.6 is 11.8 Å². The first kappa shape index (κ1) is 18.7. The summed E-state index contributed by atoms with van der Waals surface area (Å²) in [6.07, 6.45) is 0.175. The number of nitrogens with two attached hydrogens (primary N) is 1. The molecule has 0 aliphatic carbocycles. The zero-order valence-electron chi connectivity index (χ0n) is 14.8. The molecule has 3 rings (SSSR count). The number of anilines is 1. The maximum Gasteiger partial charge on any atom is 0.256 e. The van der Waals surface area contributed by atoms with E-state index >= 15 is 0 Å². The molecule has 0 saturated carbocycles. The first-order valence-electron chi connectivity index (χ1n) is 8.34. The lowest BCUT2D eigenvalue weighted by atomic mass is 10.1. The summed E-state index contributed by atoms with van der Waals surface area (Å²) in [5.74, 6) is 0.763. The molecule has 138 valence electrons. The van der Waals surface area contributed by atoms with E-state index in [9.17, 15) is 9.59 Å². The lowest BCUT2D eigenvalue weighted by Gasteiger charge is -2.10.